The molecule has 21 heavy (non-hydrogen) atoms. The maximum Gasteiger partial charge on any atom is 0.420 e. The van der Waals surface area contributed by atoms with Gasteiger partial charge in [0.05, 0.1) is 22.6 Å². The summed E-state index contributed by atoms with van der Waals surface area (Å²) >= 11 is 0. The topological polar surface area (TPSA) is 119 Å². The van der Waals surface area contributed by atoms with Crippen LogP contribution in [0.15, 0.2) is 30.6 Å². The molecule has 0 unspecified atom stereocenters. The molecule has 1 heterocycles. The molecule has 2 rings (SSSR count). The Morgan fingerprint density at radius 2 is 1.86 bits per heavy atom. The quantitative estimate of drug-likeness (QED) is 0.614. The van der Waals surface area contributed by atoms with Crippen LogP contribution in [0.1, 0.15) is 0 Å². The minimum atomic E-state index is -0.904. The molecule has 0 saturated carbocycles. The van der Waals surface area contributed by atoms with Crippen LogP contribution in [0, 0.1) is 20.2 Å². The SMILES string of the molecule is CN1C=CN(C(=O)Oc2ccc([N+](=O)[O-])c([N+](=O)[O-])c2)C1. The van der Waals surface area contributed by atoms with Gasteiger partial charge < -0.3 is 9.64 Å². The van der Waals surface area contributed by atoms with Gasteiger partial charge in [0.25, 0.3) is 0 Å². The zero-order valence-electron chi connectivity index (χ0n) is 10.8. The van der Waals surface area contributed by atoms with Crippen molar-refractivity contribution in [3.05, 3.63) is 50.8 Å². The lowest BCUT2D eigenvalue weighted by molar-refractivity contribution is -0.422. The summed E-state index contributed by atoms with van der Waals surface area (Å²) in [6, 6.07) is 2.90. The molecule has 1 amide bonds. The monoisotopic (exact) mass is 294 g/mol. The highest BCUT2D eigenvalue weighted by molar-refractivity contribution is 5.73. The van der Waals surface area contributed by atoms with E-state index < -0.39 is 27.3 Å². The van der Waals surface area contributed by atoms with Crippen LogP contribution in [0.5, 0.6) is 5.75 Å². The van der Waals surface area contributed by atoms with Crippen molar-refractivity contribution in [3.63, 3.8) is 0 Å². The average molecular weight is 294 g/mol. The van der Waals surface area contributed by atoms with Crippen LogP contribution in [0.25, 0.3) is 0 Å². The van der Waals surface area contributed by atoms with Crippen molar-refractivity contribution in [2.75, 3.05) is 13.7 Å². The van der Waals surface area contributed by atoms with E-state index in [1.54, 1.807) is 18.1 Å². The number of benzene rings is 1. The van der Waals surface area contributed by atoms with Gasteiger partial charge in [0.2, 0.25) is 0 Å². The van der Waals surface area contributed by atoms with E-state index in [0.717, 1.165) is 18.2 Å². The lowest BCUT2D eigenvalue weighted by atomic mass is 10.2. The number of carbonyl (C=O) groups is 1. The molecule has 1 aromatic rings. The van der Waals surface area contributed by atoms with Crippen LogP contribution in [-0.4, -0.2) is 39.5 Å². The smallest absolute Gasteiger partial charge is 0.410 e. The Hall–Kier alpha value is -3.17. The summed E-state index contributed by atoms with van der Waals surface area (Å²) in [4.78, 5) is 34.4. The Bertz CT molecular complexity index is 644. The summed E-state index contributed by atoms with van der Waals surface area (Å²) in [7, 11) is 1.75. The maximum atomic E-state index is 11.8. The molecular formula is C11H10N4O6. The van der Waals surface area contributed by atoms with Crippen LogP contribution in [0.2, 0.25) is 0 Å². The molecule has 0 aromatic heterocycles. The second-order valence-electron chi connectivity index (χ2n) is 4.20. The Labute approximate surface area is 118 Å². The summed E-state index contributed by atoms with van der Waals surface area (Å²) in [6.45, 7) is 0.286. The Morgan fingerprint density at radius 3 is 2.38 bits per heavy atom. The van der Waals surface area contributed by atoms with E-state index in [0.29, 0.717) is 0 Å². The number of amides is 1. The Balaban J connectivity index is 2.19. The summed E-state index contributed by atoms with van der Waals surface area (Å²) in [5.41, 5.74) is -1.40. The van der Waals surface area contributed by atoms with Crippen molar-refractivity contribution in [3.8, 4) is 5.75 Å². The van der Waals surface area contributed by atoms with Gasteiger partial charge in [0, 0.05) is 25.5 Å². The Kier molecular flexibility index (Phi) is 3.69. The van der Waals surface area contributed by atoms with Crippen molar-refractivity contribution in [1.29, 1.82) is 0 Å². The predicted octanol–water partition coefficient (Wildman–Crippen LogP) is 1.68. The molecule has 0 bridgehead atoms. The molecule has 1 aromatic carbocycles. The van der Waals surface area contributed by atoms with Gasteiger partial charge in [0.15, 0.2) is 0 Å². The fraction of sp³-hybridized carbons (Fsp3) is 0.182. The van der Waals surface area contributed by atoms with Gasteiger partial charge in [-0.15, -0.1) is 0 Å². The molecule has 0 fully saturated rings. The highest BCUT2D eigenvalue weighted by atomic mass is 16.6. The maximum absolute atomic E-state index is 11.8. The van der Waals surface area contributed by atoms with Crippen molar-refractivity contribution >= 4 is 17.5 Å². The second-order valence-corrected chi connectivity index (χ2v) is 4.20. The minimum Gasteiger partial charge on any atom is -0.410 e. The summed E-state index contributed by atoms with van der Waals surface area (Å²) in [6.07, 6.45) is 2.40. The first kappa shape index (κ1) is 14.2. The van der Waals surface area contributed by atoms with Gasteiger partial charge in [0.1, 0.15) is 5.75 Å². The molecule has 0 aliphatic carbocycles. The number of rotatable bonds is 3. The van der Waals surface area contributed by atoms with Crippen LogP contribution in [0.3, 0.4) is 0 Å². The van der Waals surface area contributed by atoms with E-state index in [2.05, 4.69) is 0 Å². The van der Waals surface area contributed by atoms with Crippen LogP contribution in [0.4, 0.5) is 16.2 Å². The highest BCUT2D eigenvalue weighted by Crippen LogP contribution is 2.30. The normalized spacial score (nSPS) is 13.4. The molecule has 0 spiro atoms. The van der Waals surface area contributed by atoms with Crippen LogP contribution in [-0.2, 0) is 0 Å². The van der Waals surface area contributed by atoms with Crippen LogP contribution >= 0.6 is 0 Å². The van der Waals surface area contributed by atoms with E-state index in [1.165, 1.54) is 11.1 Å². The Morgan fingerprint density at radius 1 is 1.19 bits per heavy atom. The number of hydrogen-bond donors (Lipinski definition) is 0. The molecule has 10 heteroatoms. The third-order valence-corrected chi connectivity index (χ3v) is 2.66. The van der Waals surface area contributed by atoms with Gasteiger partial charge in [-0.05, 0) is 6.07 Å². The lowest BCUT2D eigenvalue weighted by Gasteiger charge is -2.15. The summed E-state index contributed by atoms with van der Waals surface area (Å²) in [5, 5.41) is 21.5. The number of nitro groups is 2. The largest absolute Gasteiger partial charge is 0.420 e. The van der Waals surface area contributed by atoms with Crippen LogP contribution < -0.4 is 4.74 Å². The molecule has 1 aliphatic heterocycles. The number of nitrogens with zero attached hydrogens (tertiary/aromatic N) is 4. The molecule has 0 N–H and O–H groups in total. The fourth-order valence-corrected chi connectivity index (χ4v) is 1.67. The third kappa shape index (κ3) is 3.05. The van der Waals surface area contributed by atoms with Gasteiger partial charge >= 0.3 is 17.5 Å². The first-order valence-electron chi connectivity index (χ1n) is 5.68. The van der Waals surface area contributed by atoms with Gasteiger partial charge in [-0.25, -0.2) is 4.79 Å². The highest BCUT2D eigenvalue weighted by Gasteiger charge is 2.26. The lowest BCUT2D eigenvalue weighted by Crippen LogP contribution is -2.31. The van der Waals surface area contributed by atoms with Gasteiger partial charge in [-0.2, -0.15) is 0 Å². The molecule has 0 saturated heterocycles. The first-order valence-corrected chi connectivity index (χ1v) is 5.68. The minimum absolute atomic E-state index is 0.139. The number of nitro benzene ring substituents is 2. The van der Waals surface area contributed by atoms with Gasteiger partial charge in [-0.1, -0.05) is 0 Å². The molecule has 0 radical (unpaired) electrons. The molecule has 1 aliphatic rings. The number of ether oxygens (including phenoxy) is 1. The van der Waals surface area contributed by atoms with E-state index >= 15 is 0 Å². The number of carbonyl (C=O) groups excluding carboxylic acids is 1. The van der Waals surface area contributed by atoms with Gasteiger partial charge in [-0.3, -0.25) is 25.1 Å². The van der Waals surface area contributed by atoms with Crippen molar-refractivity contribution in [1.82, 2.24) is 9.80 Å². The molecule has 0 atom stereocenters. The van der Waals surface area contributed by atoms with E-state index in [9.17, 15) is 25.0 Å². The van der Waals surface area contributed by atoms with Crippen molar-refractivity contribution in [2.45, 2.75) is 0 Å². The van der Waals surface area contributed by atoms with E-state index in [4.69, 9.17) is 4.74 Å². The van der Waals surface area contributed by atoms with E-state index in [-0.39, 0.29) is 12.4 Å². The summed E-state index contributed by atoms with van der Waals surface area (Å²) < 4.78 is 4.95. The third-order valence-electron chi connectivity index (χ3n) is 2.66. The van der Waals surface area contributed by atoms with E-state index in [1.807, 2.05) is 0 Å². The zero-order valence-corrected chi connectivity index (χ0v) is 10.8. The molecular weight excluding hydrogens is 284 g/mol. The van der Waals surface area contributed by atoms with Crippen molar-refractivity contribution in [2.24, 2.45) is 0 Å². The second kappa shape index (κ2) is 5.45. The fourth-order valence-electron chi connectivity index (χ4n) is 1.67. The first-order chi connectivity index (χ1) is 9.88. The average Bonchev–Trinajstić information content (AvgIpc) is 2.85. The summed E-state index contributed by atoms with van der Waals surface area (Å²) in [5.74, 6) is -0.139. The molecule has 110 valence electrons. The van der Waals surface area contributed by atoms with Crippen molar-refractivity contribution < 1.29 is 19.4 Å². The standard InChI is InChI=1S/C11H10N4O6/c1-12-4-5-13(7-12)11(16)21-8-2-3-9(14(17)18)10(6-8)15(19)20/h2-6H,7H2,1H3. The number of hydrogen-bond acceptors (Lipinski definition) is 7. The molecule has 10 nitrogen and oxygen atoms in total. The zero-order chi connectivity index (χ0) is 15.6. The predicted molar refractivity (Wildman–Crippen MR) is 69.4 cm³/mol.